The molecule has 0 saturated heterocycles. The van der Waals surface area contributed by atoms with Crippen LogP contribution in [0.4, 0.5) is 0 Å². The van der Waals surface area contributed by atoms with Crippen molar-refractivity contribution in [3.63, 3.8) is 0 Å². The van der Waals surface area contributed by atoms with E-state index in [0.29, 0.717) is 11.3 Å². The van der Waals surface area contributed by atoms with E-state index in [9.17, 15) is 4.79 Å². The normalized spacial score (nSPS) is 9.50. The van der Waals surface area contributed by atoms with Gasteiger partial charge in [0.15, 0.2) is 6.29 Å². The number of ether oxygens (including phenoxy) is 1. The summed E-state index contributed by atoms with van der Waals surface area (Å²) < 4.78 is 5.06. The van der Waals surface area contributed by atoms with Gasteiger partial charge in [-0.3, -0.25) is 9.78 Å². The molecule has 1 rings (SSSR count). The number of aldehydes is 1. The molecule has 0 aliphatic rings. The molecule has 0 fully saturated rings. The quantitative estimate of drug-likeness (QED) is 0.636. The Balaban J connectivity index is 3.10. The van der Waals surface area contributed by atoms with Gasteiger partial charge in [-0.15, -0.1) is 0 Å². The highest BCUT2D eigenvalue weighted by atomic mass is 16.5. The first-order chi connectivity index (χ1) is 5.81. The Bertz CT molecular complexity index is 284. The Labute approximate surface area is 71.4 Å². The van der Waals surface area contributed by atoms with Gasteiger partial charge in [-0.05, 0) is 12.5 Å². The van der Waals surface area contributed by atoms with E-state index in [4.69, 9.17) is 4.74 Å². The molecule has 0 aliphatic carbocycles. The lowest BCUT2D eigenvalue weighted by Crippen LogP contribution is -1.95. The topological polar surface area (TPSA) is 39.2 Å². The summed E-state index contributed by atoms with van der Waals surface area (Å²) in [5.41, 5.74) is 1.42. The van der Waals surface area contributed by atoms with Gasteiger partial charge >= 0.3 is 0 Å². The Morgan fingerprint density at radius 3 is 2.92 bits per heavy atom. The Hall–Kier alpha value is -1.38. The van der Waals surface area contributed by atoms with Gasteiger partial charge in [0, 0.05) is 11.8 Å². The van der Waals surface area contributed by atoms with Crippen molar-refractivity contribution in [2.75, 3.05) is 7.11 Å². The van der Waals surface area contributed by atoms with Crippen LogP contribution in [0.5, 0.6) is 5.75 Å². The predicted molar refractivity (Wildman–Crippen MR) is 45.6 cm³/mol. The first kappa shape index (κ1) is 8.71. The number of hydrogen-bond acceptors (Lipinski definition) is 3. The standard InChI is InChI=1S/C9H11NO2/c1-3-8-9(12-2)4-7(6-11)5-10-8/h4-6H,3H2,1-2H3. The lowest BCUT2D eigenvalue weighted by molar-refractivity contribution is 0.112. The van der Waals surface area contributed by atoms with Crippen LogP contribution in [0.3, 0.4) is 0 Å². The maximum Gasteiger partial charge on any atom is 0.151 e. The number of aromatic nitrogens is 1. The summed E-state index contributed by atoms with van der Waals surface area (Å²) in [6.45, 7) is 1.99. The van der Waals surface area contributed by atoms with Crippen LogP contribution in [-0.4, -0.2) is 18.4 Å². The number of aryl methyl sites for hydroxylation is 1. The van der Waals surface area contributed by atoms with Crippen molar-refractivity contribution < 1.29 is 9.53 Å². The summed E-state index contributed by atoms with van der Waals surface area (Å²) in [5, 5.41) is 0. The molecule has 0 bridgehead atoms. The SMILES string of the molecule is CCc1ncc(C=O)cc1OC. The van der Waals surface area contributed by atoms with Crippen molar-refractivity contribution in [3.8, 4) is 5.75 Å². The fourth-order valence-corrected chi connectivity index (χ4v) is 0.995. The fraction of sp³-hybridized carbons (Fsp3) is 0.333. The van der Waals surface area contributed by atoms with Crippen LogP contribution < -0.4 is 4.74 Å². The van der Waals surface area contributed by atoms with E-state index in [2.05, 4.69) is 4.98 Å². The zero-order valence-electron chi connectivity index (χ0n) is 7.20. The molecule has 0 saturated carbocycles. The fourth-order valence-electron chi connectivity index (χ4n) is 0.995. The van der Waals surface area contributed by atoms with E-state index >= 15 is 0 Å². The zero-order valence-corrected chi connectivity index (χ0v) is 7.20. The summed E-state index contributed by atoms with van der Waals surface area (Å²) in [4.78, 5) is 14.5. The van der Waals surface area contributed by atoms with Crippen LogP contribution in [0.15, 0.2) is 12.3 Å². The molecule has 1 aromatic rings. The highest BCUT2D eigenvalue weighted by Gasteiger charge is 2.02. The second kappa shape index (κ2) is 3.85. The molecule has 0 spiro atoms. The second-order valence-electron chi connectivity index (χ2n) is 2.39. The minimum absolute atomic E-state index is 0.545. The van der Waals surface area contributed by atoms with Crippen molar-refractivity contribution in [2.24, 2.45) is 0 Å². The van der Waals surface area contributed by atoms with Gasteiger partial charge in [0.1, 0.15) is 5.75 Å². The molecule has 3 nitrogen and oxygen atoms in total. The van der Waals surface area contributed by atoms with Crippen molar-refractivity contribution in [2.45, 2.75) is 13.3 Å². The summed E-state index contributed by atoms with van der Waals surface area (Å²) in [6.07, 6.45) is 3.12. The zero-order chi connectivity index (χ0) is 8.97. The van der Waals surface area contributed by atoms with Crippen molar-refractivity contribution in [1.29, 1.82) is 0 Å². The van der Waals surface area contributed by atoms with Crippen LogP contribution >= 0.6 is 0 Å². The number of carbonyl (C=O) groups is 1. The van der Waals surface area contributed by atoms with Crippen LogP contribution in [0.25, 0.3) is 0 Å². The van der Waals surface area contributed by atoms with Gasteiger partial charge in [0.05, 0.1) is 12.8 Å². The molecule has 1 aromatic heterocycles. The van der Waals surface area contributed by atoms with E-state index in [1.54, 1.807) is 19.4 Å². The Morgan fingerprint density at radius 2 is 2.42 bits per heavy atom. The third-order valence-corrected chi connectivity index (χ3v) is 1.64. The molecule has 0 unspecified atom stereocenters. The van der Waals surface area contributed by atoms with Crippen molar-refractivity contribution in [1.82, 2.24) is 4.98 Å². The number of pyridine rings is 1. The minimum atomic E-state index is 0.545. The van der Waals surface area contributed by atoms with Gasteiger partial charge in [-0.2, -0.15) is 0 Å². The third-order valence-electron chi connectivity index (χ3n) is 1.64. The number of carbonyl (C=O) groups excluding carboxylic acids is 1. The molecular weight excluding hydrogens is 154 g/mol. The first-order valence-corrected chi connectivity index (χ1v) is 3.80. The van der Waals surface area contributed by atoms with Gasteiger partial charge in [-0.25, -0.2) is 0 Å². The summed E-state index contributed by atoms with van der Waals surface area (Å²) in [5.74, 6) is 0.683. The van der Waals surface area contributed by atoms with E-state index in [1.807, 2.05) is 6.92 Å². The number of methoxy groups -OCH3 is 1. The van der Waals surface area contributed by atoms with E-state index in [-0.39, 0.29) is 0 Å². The molecule has 0 aromatic carbocycles. The Morgan fingerprint density at radius 1 is 1.67 bits per heavy atom. The van der Waals surface area contributed by atoms with Gasteiger partial charge in [-0.1, -0.05) is 6.92 Å². The predicted octanol–water partition coefficient (Wildman–Crippen LogP) is 1.47. The summed E-state index contributed by atoms with van der Waals surface area (Å²) >= 11 is 0. The number of rotatable bonds is 3. The monoisotopic (exact) mass is 165 g/mol. The van der Waals surface area contributed by atoms with Gasteiger partial charge in [0.2, 0.25) is 0 Å². The number of hydrogen-bond donors (Lipinski definition) is 0. The second-order valence-corrected chi connectivity index (χ2v) is 2.39. The average molecular weight is 165 g/mol. The molecule has 0 amide bonds. The Kier molecular flexibility index (Phi) is 2.80. The van der Waals surface area contributed by atoms with Crippen LogP contribution in [-0.2, 0) is 6.42 Å². The maximum atomic E-state index is 10.4. The smallest absolute Gasteiger partial charge is 0.151 e. The van der Waals surface area contributed by atoms with Crippen LogP contribution in [0.1, 0.15) is 23.0 Å². The molecule has 0 N–H and O–H groups in total. The lowest BCUT2D eigenvalue weighted by Gasteiger charge is -2.04. The summed E-state index contributed by atoms with van der Waals surface area (Å²) in [6, 6.07) is 1.69. The highest BCUT2D eigenvalue weighted by molar-refractivity contribution is 5.75. The van der Waals surface area contributed by atoms with Gasteiger partial charge in [0.25, 0.3) is 0 Å². The van der Waals surface area contributed by atoms with Gasteiger partial charge < -0.3 is 4.74 Å². The molecule has 0 aliphatic heterocycles. The minimum Gasteiger partial charge on any atom is -0.495 e. The molecule has 64 valence electrons. The van der Waals surface area contributed by atoms with E-state index in [0.717, 1.165) is 18.4 Å². The maximum absolute atomic E-state index is 10.4. The lowest BCUT2D eigenvalue weighted by atomic mass is 10.2. The van der Waals surface area contributed by atoms with Crippen molar-refractivity contribution in [3.05, 3.63) is 23.5 Å². The van der Waals surface area contributed by atoms with Crippen LogP contribution in [0.2, 0.25) is 0 Å². The average Bonchev–Trinajstić information content (AvgIpc) is 2.16. The van der Waals surface area contributed by atoms with E-state index in [1.165, 1.54) is 0 Å². The molecule has 0 radical (unpaired) electrons. The number of nitrogens with zero attached hydrogens (tertiary/aromatic N) is 1. The van der Waals surface area contributed by atoms with E-state index < -0.39 is 0 Å². The summed E-state index contributed by atoms with van der Waals surface area (Å²) in [7, 11) is 1.57. The van der Waals surface area contributed by atoms with Crippen molar-refractivity contribution >= 4 is 6.29 Å². The van der Waals surface area contributed by atoms with Crippen LogP contribution in [0, 0.1) is 0 Å². The molecular formula is C9H11NO2. The largest absolute Gasteiger partial charge is 0.495 e. The highest BCUT2D eigenvalue weighted by Crippen LogP contribution is 2.16. The first-order valence-electron chi connectivity index (χ1n) is 3.80. The molecule has 3 heteroatoms. The molecule has 1 heterocycles. The third kappa shape index (κ3) is 1.61. The molecule has 0 atom stereocenters. The molecule has 12 heavy (non-hydrogen) atoms.